The smallest absolute Gasteiger partial charge is 0.120 e. The highest BCUT2D eigenvalue weighted by atomic mass is 127. The lowest BCUT2D eigenvalue weighted by Crippen LogP contribution is -2.03. The number of nitrogen functional groups attached to an aromatic ring is 1. The van der Waals surface area contributed by atoms with E-state index in [0.717, 1.165) is 23.4 Å². The Hall–Kier alpha value is -1.23. The van der Waals surface area contributed by atoms with Crippen LogP contribution >= 0.6 is 22.6 Å². The van der Waals surface area contributed by atoms with E-state index in [9.17, 15) is 0 Å². The first-order chi connectivity index (χ1) is 8.25. The van der Waals surface area contributed by atoms with Crippen molar-refractivity contribution in [1.29, 1.82) is 0 Å². The van der Waals surface area contributed by atoms with Gasteiger partial charge in [-0.1, -0.05) is 24.3 Å². The summed E-state index contributed by atoms with van der Waals surface area (Å²) in [4.78, 5) is 0. The zero-order chi connectivity index (χ0) is 12.1. The average Bonchev–Trinajstić information content (AvgIpc) is 2.32. The van der Waals surface area contributed by atoms with E-state index < -0.39 is 0 Å². The Kier molecular flexibility index (Phi) is 4.25. The Labute approximate surface area is 115 Å². The molecule has 0 fully saturated rings. The lowest BCUT2D eigenvalue weighted by molar-refractivity contribution is 0.322. The molecular weight excluding hydrogens is 325 g/mol. The molecule has 0 spiro atoms. The van der Waals surface area contributed by atoms with Crippen molar-refractivity contribution < 1.29 is 4.74 Å². The second kappa shape index (κ2) is 5.91. The molecule has 2 nitrogen and oxygen atoms in total. The fourth-order valence-corrected chi connectivity index (χ4v) is 2.11. The molecule has 0 unspecified atom stereocenters. The molecular formula is C14H14INO. The minimum Gasteiger partial charge on any atom is -0.493 e. The third-order valence-corrected chi connectivity index (χ3v) is 3.16. The van der Waals surface area contributed by atoms with Crippen LogP contribution in [0.5, 0.6) is 5.75 Å². The third-order valence-electron chi connectivity index (χ3n) is 2.49. The summed E-state index contributed by atoms with van der Waals surface area (Å²) in [6.07, 6.45) is 0.831. The molecule has 2 N–H and O–H groups in total. The molecule has 0 heterocycles. The van der Waals surface area contributed by atoms with E-state index in [1.165, 1.54) is 3.57 Å². The summed E-state index contributed by atoms with van der Waals surface area (Å²) in [5.41, 5.74) is 7.84. The van der Waals surface area contributed by atoms with E-state index in [1.54, 1.807) is 0 Å². The second-order valence-corrected chi connectivity index (χ2v) is 5.00. The molecule has 0 saturated heterocycles. The van der Waals surface area contributed by atoms with Crippen molar-refractivity contribution in [1.82, 2.24) is 0 Å². The highest BCUT2D eigenvalue weighted by molar-refractivity contribution is 14.1. The molecule has 2 rings (SSSR count). The molecule has 0 aliphatic heterocycles. The SMILES string of the molecule is Nc1ccccc1CCOc1cccc(I)c1. The Bertz CT molecular complexity index is 499. The van der Waals surface area contributed by atoms with Crippen LogP contribution in [0, 0.1) is 3.57 Å². The van der Waals surface area contributed by atoms with E-state index in [0.29, 0.717) is 6.61 Å². The summed E-state index contributed by atoms with van der Waals surface area (Å²) in [7, 11) is 0. The quantitative estimate of drug-likeness (QED) is 0.684. The Morgan fingerprint density at radius 3 is 2.65 bits per heavy atom. The molecule has 0 aromatic heterocycles. The molecule has 0 aliphatic carbocycles. The molecule has 0 radical (unpaired) electrons. The van der Waals surface area contributed by atoms with Crippen molar-refractivity contribution in [2.45, 2.75) is 6.42 Å². The molecule has 0 saturated carbocycles. The second-order valence-electron chi connectivity index (χ2n) is 3.75. The Morgan fingerprint density at radius 1 is 1.06 bits per heavy atom. The number of nitrogens with two attached hydrogens (primary N) is 1. The molecule has 3 heteroatoms. The molecule has 0 atom stereocenters. The van der Waals surface area contributed by atoms with Gasteiger partial charge in [0.1, 0.15) is 5.75 Å². The standard InChI is InChI=1S/C14H14INO/c15-12-5-3-6-13(10-12)17-9-8-11-4-1-2-7-14(11)16/h1-7,10H,8-9,16H2. The van der Waals surface area contributed by atoms with Gasteiger partial charge in [0.15, 0.2) is 0 Å². The van der Waals surface area contributed by atoms with Gasteiger partial charge in [0, 0.05) is 15.7 Å². The molecule has 2 aromatic carbocycles. The summed E-state index contributed by atoms with van der Waals surface area (Å²) in [6, 6.07) is 15.9. The third kappa shape index (κ3) is 3.63. The lowest BCUT2D eigenvalue weighted by Gasteiger charge is -2.08. The zero-order valence-electron chi connectivity index (χ0n) is 9.40. The lowest BCUT2D eigenvalue weighted by atomic mass is 10.1. The van der Waals surface area contributed by atoms with Gasteiger partial charge in [-0.2, -0.15) is 0 Å². The van der Waals surface area contributed by atoms with Crippen molar-refractivity contribution in [3.63, 3.8) is 0 Å². The highest BCUT2D eigenvalue weighted by Gasteiger charge is 1.99. The monoisotopic (exact) mass is 339 g/mol. The summed E-state index contributed by atoms with van der Waals surface area (Å²) >= 11 is 2.27. The fourth-order valence-electron chi connectivity index (χ4n) is 1.60. The topological polar surface area (TPSA) is 35.2 Å². The molecule has 17 heavy (non-hydrogen) atoms. The van der Waals surface area contributed by atoms with E-state index in [2.05, 4.69) is 22.6 Å². The summed E-state index contributed by atoms with van der Waals surface area (Å²) in [6.45, 7) is 0.647. The van der Waals surface area contributed by atoms with Crippen LogP contribution in [0.1, 0.15) is 5.56 Å². The highest BCUT2D eigenvalue weighted by Crippen LogP contribution is 2.16. The molecule has 88 valence electrons. The van der Waals surface area contributed by atoms with Gasteiger partial charge in [0.25, 0.3) is 0 Å². The van der Waals surface area contributed by atoms with Crippen LogP contribution in [0.3, 0.4) is 0 Å². The predicted octanol–water partition coefficient (Wildman–Crippen LogP) is 3.49. The Balaban J connectivity index is 1.90. The van der Waals surface area contributed by atoms with Crippen LogP contribution < -0.4 is 10.5 Å². The number of rotatable bonds is 4. The van der Waals surface area contributed by atoms with Gasteiger partial charge in [-0.25, -0.2) is 0 Å². The first-order valence-corrected chi connectivity index (χ1v) is 6.55. The van der Waals surface area contributed by atoms with Gasteiger partial charge in [-0.05, 0) is 52.4 Å². The Morgan fingerprint density at radius 2 is 1.88 bits per heavy atom. The first kappa shape index (κ1) is 12.2. The van der Waals surface area contributed by atoms with Crippen LogP contribution in [-0.2, 0) is 6.42 Å². The number of halogens is 1. The minimum absolute atomic E-state index is 0.647. The average molecular weight is 339 g/mol. The molecule has 0 bridgehead atoms. The zero-order valence-corrected chi connectivity index (χ0v) is 11.6. The van der Waals surface area contributed by atoms with Gasteiger partial charge < -0.3 is 10.5 Å². The van der Waals surface area contributed by atoms with Crippen LogP contribution in [0.2, 0.25) is 0 Å². The summed E-state index contributed by atoms with van der Waals surface area (Å²) < 4.78 is 6.87. The number of hydrogen-bond donors (Lipinski definition) is 1. The van der Waals surface area contributed by atoms with Gasteiger partial charge in [0.05, 0.1) is 6.61 Å². The normalized spacial score (nSPS) is 10.2. The maximum Gasteiger partial charge on any atom is 0.120 e. The van der Waals surface area contributed by atoms with Crippen molar-refractivity contribution in [3.05, 3.63) is 57.7 Å². The number of hydrogen-bond acceptors (Lipinski definition) is 2. The van der Waals surface area contributed by atoms with Gasteiger partial charge in [-0.15, -0.1) is 0 Å². The molecule has 0 amide bonds. The summed E-state index contributed by atoms with van der Waals surface area (Å²) in [5.74, 6) is 0.909. The number of benzene rings is 2. The largest absolute Gasteiger partial charge is 0.493 e. The van der Waals surface area contributed by atoms with Crippen molar-refractivity contribution in [2.24, 2.45) is 0 Å². The van der Waals surface area contributed by atoms with Crippen LogP contribution in [0.15, 0.2) is 48.5 Å². The fraction of sp³-hybridized carbons (Fsp3) is 0.143. The maximum atomic E-state index is 5.87. The van der Waals surface area contributed by atoms with E-state index >= 15 is 0 Å². The van der Waals surface area contributed by atoms with E-state index in [4.69, 9.17) is 10.5 Å². The van der Waals surface area contributed by atoms with Gasteiger partial charge in [-0.3, -0.25) is 0 Å². The maximum absolute atomic E-state index is 5.87. The van der Waals surface area contributed by atoms with E-state index in [-0.39, 0.29) is 0 Å². The number of para-hydroxylation sites is 1. The van der Waals surface area contributed by atoms with Gasteiger partial charge in [0.2, 0.25) is 0 Å². The number of ether oxygens (including phenoxy) is 1. The molecule has 2 aromatic rings. The van der Waals surface area contributed by atoms with Crippen molar-refractivity contribution in [3.8, 4) is 5.75 Å². The van der Waals surface area contributed by atoms with Crippen molar-refractivity contribution >= 4 is 28.3 Å². The van der Waals surface area contributed by atoms with Crippen LogP contribution in [0.25, 0.3) is 0 Å². The minimum atomic E-state index is 0.647. The molecule has 0 aliphatic rings. The van der Waals surface area contributed by atoms with Gasteiger partial charge >= 0.3 is 0 Å². The van der Waals surface area contributed by atoms with Crippen LogP contribution in [0.4, 0.5) is 5.69 Å². The van der Waals surface area contributed by atoms with Crippen LogP contribution in [-0.4, -0.2) is 6.61 Å². The van der Waals surface area contributed by atoms with Crippen molar-refractivity contribution in [2.75, 3.05) is 12.3 Å². The first-order valence-electron chi connectivity index (χ1n) is 5.47. The predicted molar refractivity (Wildman–Crippen MR) is 79.2 cm³/mol. The number of anilines is 1. The van der Waals surface area contributed by atoms with E-state index in [1.807, 2.05) is 48.5 Å². The summed E-state index contributed by atoms with van der Waals surface area (Å²) in [5, 5.41) is 0.